The molecule has 0 spiro atoms. The molecule has 0 bridgehead atoms. The Labute approximate surface area is 154 Å². The Balaban J connectivity index is 2.37. The lowest BCUT2D eigenvalue weighted by Crippen LogP contribution is -2.41. The van der Waals surface area contributed by atoms with E-state index in [1.54, 1.807) is 7.11 Å². The molecule has 2 aromatic carbocycles. The van der Waals surface area contributed by atoms with Gasteiger partial charge in [-0.1, -0.05) is 42.5 Å². The fraction of sp³-hybridized carbons (Fsp3) is 0.238. The van der Waals surface area contributed by atoms with Crippen molar-refractivity contribution in [1.29, 1.82) is 0 Å². The topological polar surface area (TPSA) is 58.6 Å². The normalized spacial score (nSPS) is 11.1. The average molecular weight is 350 g/mol. The van der Waals surface area contributed by atoms with Crippen molar-refractivity contribution in [3.8, 4) is 18.1 Å². The molecule has 5 nitrogen and oxygen atoms in total. The van der Waals surface area contributed by atoms with E-state index >= 15 is 0 Å². The highest BCUT2D eigenvalue weighted by Crippen LogP contribution is 2.27. The standard InChI is InChI=1S/C21H22N2O3/c1-4-21(25)23(15-20(24)22-2)14-19(16-8-6-5-7-9-16)17-10-12-18(26-3)13-11-17/h1,5-13,19H,14-15H2,2-3H3,(H,22,24). The summed E-state index contributed by atoms with van der Waals surface area (Å²) in [5.41, 5.74) is 2.04. The Hall–Kier alpha value is -3.26. The molecule has 0 radical (unpaired) electrons. The molecule has 5 heteroatoms. The van der Waals surface area contributed by atoms with E-state index in [2.05, 4.69) is 11.2 Å². The first-order valence-corrected chi connectivity index (χ1v) is 8.24. The highest BCUT2D eigenvalue weighted by atomic mass is 16.5. The van der Waals surface area contributed by atoms with Crippen LogP contribution in [0.3, 0.4) is 0 Å². The first-order valence-electron chi connectivity index (χ1n) is 8.24. The zero-order valence-electron chi connectivity index (χ0n) is 14.9. The summed E-state index contributed by atoms with van der Waals surface area (Å²) < 4.78 is 5.21. The molecular formula is C21H22N2O3. The molecule has 1 N–H and O–H groups in total. The van der Waals surface area contributed by atoms with E-state index in [1.165, 1.54) is 11.9 Å². The number of likely N-dealkylation sites (N-methyl/N-ethyl adjacent to an activating group) is 1. The summed E-state index contributed by atoms with van der Waals surface area (Å²) in [7, 11) is 3.14. The van der Waals surface area contributed by atoms with Gasteiger partial charge in [-0.2, -0.15) is 0 Å². The zero-order valence-corrected chi connectivity index (χ0v) is 14.9. The minimum atomic E-state index is -0.511. The number of hydrogen-bond acceptors (Lipinski definition) is 3. The van der Waals surface area contributed by atoms with Crippen LogP contribution in [0.5, 0.6) is 5.75 Å². The summed E-state index contributed by atoms with van der Waals surface area (Å²) in [5.74, 6) is 1.96. The third-order valence-corrected chi connectivity index (χ3v) is 4.15. The molecule has 0 aliphatic heterocycles. The second-order valence-corrected chi connectivity index (χ2v) is 5.74. The van der Waals surface area contributed by atoms with Gasteiger partial charge in [0.15, 0.2) is 0 Å². The van der Waals surface area contributed by atoms with E-state index in [-0.39, 0.29) is 18.4 Å². The quantitative estimate of drug-likeness (QED) is 0.778. The second-order valence-electron chi connectivity index (χ2n) is 5.74. The van der Waals surface area contributed by atoms with E-state index in [0.29, 0.717) is 6.54 Å². The number of ether oxygens (including phenoxy) is 1. The molecule has 0 saturated carbocycles. The van der Waals surface area contributed by atoms with Crippen LogP contribution in [0.4, 0.5) is 0 Å². The number of methoxy groups -OCH3 is 1. The highest BCUT2D eigenvalue weighted by Gasteiger charge is 2.22. The lowest BCUT2D eigenvalue weighted by atomic mass is 9.90. The summed E-state index contributed by atoms with van der Waals surface area (Å²) in [6.07, 6.45) is 5.29. The van der Waals surface area contributed by atoms with Gasteiger partial charge in [-0.3, -0.25) is 9.59 Å². The highest BCUT2D eigenvalue weighted by molar-refractivity contribution is 5.95. The summed E-state index contributed by atoms with van der Waals surface area (Å²) in [6, 6.07) is 17.5. The maximum absolute atomic E-state index is 12.2. The van der Waals surface area contributed by atoms with Crippen molar-refractivity contribution in [2.24, 2.45) is 0 Å². The van der Waals surface area contributed by atoms with Crippen molar-refractivity contribution in [2.45, 2.75) is 5.92 Å². The van der Waals surface area contributed by atoms with E-state index < -0.39 is 5.91 Å². The maximum Gasteiger partial charge on any atom is 0.298 e. The van der Waals surface area contributed by atoms with E-state index in [9.17, 15) is 9.59 Å². The number of nitrogens with zero attached hydrogens (tertiary/aromatic N) is 1. The van der Waals surface area contributed by atoms with Crippen LogP contribution in [0.1, 0.15) is 17.0 Å². The monoisotopic (exact) mass is 350 g/mol. The molecule has 0 aromatic heterocycles. The van der Waals surface area contributed by atoms with Crippen LogP contribution in [-0.4, -0.2) is 44.0 Å². The molecule has 2 amide bonds. The minimum Gasteiger partial charge on any atom is -0.497 e. The van der Waals surface area contributed by atoms with Gasteiger partial charge in [0.2, 0.25) is 5.91 Å². The molecule has 134 valence electrons. The summed E-state index contributed by atoms with van der Waals surface area (Å²) in [4.78, 5) is 25.3. The molecule has 1 unspecified atom stereocenters. The van der Waals surface area contributed by atoms with Gasteiger partial charge >= 0.3 is 0 Å². The molecule has 26 heavy (non-hydrogen) atoms. The lowest BCUT2D eigenvalue weighted by molar-refractivity contribution is -0.131. The first-order chi connectivity index (χ1) is 12.6. The van der Waals surface area contributed by atoms with Crippen LogP contribution in [0.2, 0.25) is 0 Å². The second kappa shape index (κ2) is 9.28. The Morgan fingerprint density at radius 1 is 1.12 bits per heavy atom. The average Bonchev–Trinajstić information content (AvgIpc) is 2.71. The van der Waals surface area contributed by atoms with Crippen molar-refractivity contribution in [3.63, 3.8) is 0 Å². The molecule has 1 atom stereocenters. The smallest absolute Gasteiger partial charge is 0.298 e. The molecular weight excluding hydrogens is 328 g/mol. The van der Waals surface area contributed by atoms with Crippen molar-refractivity contribution in [2.75, 3.05) is 27.2 Å². The van der Waals surface area contributed by atoms with Crippen molar-refractivity contribution in [3.05, 3.63) is 65.7 Å². The molecule has 2 aromatic rings. The third-order valence-electron chi connectivity index (χ3n) is 4.15. The molecule has 0 fully saturated rings. The zero-order chi connectivity index (χ0) is 18.9. The maximum atomic E-state index is 12.2. The van der Waals surface area contributed by atoms with Gasteiger partial charge < -0.3 is 15.0 Å². The van der Waals surface area contributed by atoms with Gasteiger partial charge in [0, 0.05) is 19.5 Å². The van der Waals surface area contributed by atoms with Gasteiger partial charge in [-0.15, -0.1) is 6.42 Å². The van der Waals surface area contributed by atoms with Crippen LogP contribution in [0.25, 0.3) is 0 Å². The van der Waals surface area contributed by atoms with Crippen LogP contribution < -0.4 is 10.1 Å². The number of carbonyl (C=O) groups is 2. The minimum absolute atomic E-state index is 0.0843. The number of amides is 2. The number of benzene rings is 2. The number of rotatable bonds is 7. The lowest BCUT2D eigenvalue weighted by Gasteiger charge is -2.26. The Morgan fingerprint density at radius 2 is 1.73 bits per heavy atom. The molecule has 0 saturated heterocycles. The predicted molar refractivity (Wildman–Crippen MR) is 101 cm³/mol. The van der Waals surface area contributed by atoms with E-state index in [0.717, 1.165) is 16.9 Å². The van der Waals surface area contributed by atoms with Gasteiger partial charge in [0.25, 0.3) is 5.91 Å². The third kappa shape index (κ3) is 4.87. The number of carbonyl (C=O) groups excluding carboxylic acids is 2. The number of terminal acetylenes is 1. The van der Waals surface area contributed by atoms with Crippen molar-refractivity contribution in [1.82, 2.24) is 10.2 Å². The molecule has 0 aliphatic carbocycles. The van der Waals surface area contributed by atoms with Crippen LogP contribution in [-0.2, 0) is 9.59 Å². The fourth-order valence-corrected chi connectivity index (χ4v) is 2.71. The van der Waals surface area contributed by atoms with Gasteiger partial charge in [-0.25, -0.2) is 0 Å². The summed E-state index contributed by atoms with van der Waals surface area (Å²) >= 11 is 0. The summed E-state index contributed by atoms with van der Waals surface area (Å²) in [5, 5.41) is 2.52. The molecule has 0 aliphatic rings. The number of hydrogen-bond donors (Lipinski definition) is 1. The number of nitrogens with one attached hydrogen (secondary N) is 1. The Morgan fingerprint density at radius 3 is 2.27 bits per heavy atom. The van der Waals surface area contributed by atoms with E-state index in [1.807, 2.05) is 54.6 Å². The fourth-order valence-electron chi connectivity index (χ4n) is 2.71. The Bertz CT molecular complexity index is 779. The van der Waals surface area contributed by atoms with Crippen molar-refractivity contribution >= 4 is 11.8 Å². The van der Waals surface area contributed by atoms with E-state index in [4.69, 9.17) is 11.2 Å². The van der Waals surface area contributed by atoms with Gasteiger partial charge in [0.1, 0.15) is 12.3 Å². The molecule has 0 heterocycles. The SMILES string of the molecule is C#CC(=O)N(CC(=O)NC)CC(c1ccccc1)c1ccc(OC)cc1. The first kappa shape index (κ1) is 19.1. The van der Waals surface area contributed by atoms with Gasteiger partial charge in [0.05, 0.1) is 7.11 Å². The van der Waals surface area contributed by atoms with Crippen LogP contribution in [0, 0.1) is 12.3 Å². The Kier molecular flexibility index (Phi) is 6.81. The van der Waals surface area contributed by atoms with Crippen LogP contribution >= 0.6 is 0 Å². The molecule has 2 rings (SSSR count). The van der Waals surface area contributed by atoms with Gasteiger partial charge in [-0.05, 0) is 29.2 Å². The predicted octanol–water partition coefficient (Wildman–Crippen LogP) is 2.03. The summed E-state index contributed by atoms with van der Waals surface area (Å²) in [6.45, 7) is 0.214. The van der Waals surface area contributed by atoms with Crippen molar-refractivity contribution < 1.29 is 14.3 Å². The largest absolute Gasteiger partial charge is 0.497 e. The van der Waals surface area contributed by atoms with Crippen LogP contribution in [0.15, 0.2) is 54.6 Å².